The van der Waals surface area contributed by atoms with Gasteiger partial charge in [-0.25, -0.2) is 8.78 Å². The Hall–Kier alpha value is -1.33. The van der Waals surface area contributed by atoms with Crippen molar-refractivity contribution in [3.63, 3.8) is 0 Å². The van der Waals surface area contributed by atoms with Gasteiger partial charge < -0.3 is 11.1 Å². The van der Waals surface area contributed by atoms with Gasteiger partial charge in [0, 0.05) is 10.5 Å². The predicted octanol–water partition coefficient (Wildman–Crippen LogP) is 4.71. The van der Waals surface area contributed by atoms with Crippen LogP contribution in [0, 0.1) is 11.6 Å². The molecular weight excluding hydrogens is 325 g/mol. The normalized spacial score (nSPS) is 10.4. The maximum Gasteiger partial charge on any atom is 0.149 e. The van der Waals surface area contributed by atoms with Crippen LogP contribution < -0.4 is 11.1 Å². The summed E-state index contributed by atoms with van der Waals surface area (Å²) in [6.07, 6.45) is 0. The summed E-state index contributed by atoms with van der Waals surface area (Å²) in [5, 5.41) is 3.16. The van der Waals surface area contributed by atoms with Gasteiger partial charge in [-0.3, -0.25) is 0 Å². The summed E-state index contributed by atoms with van der Waals surface area (Å²) in [6.45, 7) is 0. The quantitative estimate of drug-likeness (QED) is 0.781. The fraction of sp³-hybridized carbons (Fsp3) is 0. The molecule has 0 saturated heterocycles. The molecule has 6 heteroatoms. The van der Waals surface area contributed by atoms with E-state index in [2.05, 4.69) is 21.2 Å². The Kier molecular flexibility index (Phi) is 3.73. The fourth-order valence-corrected chi connectivity index (χ4v) is 2.02. The first-order valence-electron chi connectivity index (χ1n) is 4.94. The molecule has 0 heterocycles. The van der Waals surface area contributed by atoms with Gasteiger partial charge in [-0.05, 0) is 40.2 Å². The second-order valence-electron chi connectivity index (χ2n) is 3.60. The summed E-state index contributed by atoms with van der Waals surface area (Å²) in [5.74, 6) is -1.32. The molecule has 18 heavy (non-hydrogen) atoms. The van der Waals surface area contributed by atoms with Gasteiger partial charge in [-0.15, -0.1) is 0 Å². The summed E-state index contributed by atoms with van der Waals surface area (Å²) < 4.78 is 26.9. The predicted molar refractivity (Wildman–Crippen MR) is 73.2 cm³/mol. The average Bonchev–Trinajstić information content (AvgIpc) is 2.29. The second-order valence-corrected chi connectivity index (χ2v) is 4.86. The fourth-order valence-electron chi connectivity index (χ4n) is 1.39. The van der Waals surface area contributed by atoms with Crippen LogP contribution in [-0.2, 0) is 0 Å². The van der Waals surface area contributed by atoms with Crippen molar-refractivity contribution in [1.82, 2.24) is 0 Å². The highest BCUT2D eigenvalue weighted by Gasteiger charge is 2.08. The monoisotopic (exact) mass is 332 g/mol. The van der Waals surface area contributed by atoms with Gasteiger partial charge in [-0.1, -0.05) is 11.6 Å². The summed E-state index contributed by atoms with van der Waals surface area (Å²) in [7, 11) is 0. The standard InChI is InChI=1S/C12H8BrClF2N2/c13-7-4-10(17)8(14)5-12(7)18-11-2-1-6(15)3-9(11)16/h1-5,18H,17H2. The van der Waals surface area contributed by atoms with Gasteiger partial charge in [0.2, 0.25) is 0 Å². The maximum atomic E-state index is 13.5. The summed E-state index contributed by atoms with van der Waals surface area (Å²) in [4.78, 5) is 0. The van der Waals surface area contributed by atoms with Gasteiger partial charge in [0.15, 0.2) is 0 Å². The number of hydrogen-bond donors (Lipinski definition) is 2. The van der Waals surface area contributed by atoms with Gasteiger partial charge >= 0.3 is 0 Å². The van der Waals surface area contributed by atoms with Crippen LogP contribution in [0.3, 0.4) is 0 Å². The van der Waals surface area contributed by atoms with Gasteiger partial charge in [0.05, 0.1) is 22.1 Å². The molecule has 0 saturated carbocycles. The molecule has 0 amide bonds. The molecule has 2 rings (SSSR count). The average molecular weight is 334 g/mol. The molecule has 0 unspecified atom stereocenters. The lowest BCUT2D eigenvalue weighted by Crippen LogP contribution is -1.97. The summed E-state index contributed by atoms with van der Waals surface area (Å²) in [6, 6.07) is 6.44. The molecule has 0 radical (unpaired) electrons. The Labute approximate surface area is 116 Å². The van der Waals surface area contributed by atoms with Crippen LogP contribution in [0.2, 0.25) is 5.02 Å². The molecule has 2 aromatic rings. The van der Waals surface area contributed by atoms with Crippen molar-refractivity contribution in [3.8, 4) is 0 Å². The third kappa shape index (κ3) is 2.73. The van der Waals surface area contributed by atoms with E-state index in [-0.39, 0.29) is 5.69 Å². The van der Waals surface area contributed by atoms with Gasteiger partial charge in [0.1, 0.15) is 11.6 Å². The van der Waals surface area contributed by atoms with E-state index >= 15 is 0 Å². The number of hydrogen-bond acceptors (Lipinski definition) is 2. The minimum Gasteiger partial charge on any atom is -0.397 e. The molecule has 0 spiro atoms. The van der Waals surface area contributed by atoms with E-state index in [1.807, 2.05) is 0 Å². The largest absolute Gasteiger partial charge is 0.397 e. The van der Waals surface area contributed by atoms with E-state index in [9.17, 15) is 8.78 Å². The number of nitrogen functional groups attached to an aromatic ring is 1. The number of nitrogens with one attached hydrogen (secondary N) is 1. The first-order valence-corrected chi connectivity index (χ1v) is 6.11. The smallest absolute Gasteiger partial charge is 0.149 e. The number of rotatable bonds is 2. The Morgan fingerprint density at radius 3 is 2.50 bits per heavy atom. The van der Waals surface area contributed by atoms with E-state index in [4.69, 9.17) is 17.3 Å². The van der Waals surface area contributed by atoms with E-state index in [1.54, 1.807) is 12.1 Å². The molecule has 0 aliphatic rings. The molecule has 0 fully saturated rings. The lowest BCUT2D eigenvalue weighted by atomic mass is 10.2. The highest BCUT2D eigenvalue weighted by atomic mass is 79.9. The highest BCUT2D eigenvalue weighted by molar-refractivity contribution is 9.10. The molecule has 94 valence electrons. The molecule has 0 bridgehead atoms. The lowest BCUT2D eigenvalue weighted by Gasteiger charge is -2.11. The first-order chi connectivity index (χ1) is 8.47. The van der Waals surface area contributed by atoms with Crippen LogP contribution in [0.1, 0.15) is 0 Å². The Bertz CT molecular complexity index is 605. The molecule has 2 aromatic carbocycles. The minimum absolute atomic E-state index is 0.151. The Balaban J connectivity index is 2.37. The van der Waals surface area contributed by atoms with E-state index < -0.39 is 11.6 Å². The summed E-state index contributed by atoms with van der Waals surface area (Å²) in [5.41, 5.74) is 6.72. The van der Waals surface area contributed by atoms with Crippen molar-refractivity contribution in [1.29, 1.82) is 0 Å². The summed E-state index contributed by atoms with van der Waals surface area (Å²) >= 11 is 9.16. The third-order valence-electron chi connectivity index (χ3n) is 2.29. The number of anilines is 3. The topological polar surface area (TPSA) is 38.0 Å². The number of nitrogens with two attached hydrogens (primary N) is 1. The third-order valence-corrected chi connectivity index (χ3v) is 3.27. The molecule has 0 atom stereocenters. The maximum absolute atomic E-state index is 13.5. The number of benzene rings is 2. The highest BCUT2D eigenvalue weighted by Crippen LogP contribution is 2.33. The van der Waals surface area contributed by atoms with Crippen LogP contribution in [0.5, 0.6) is 0 Å². The first kappa shape index (κ1) is 13.1. The van der Waals surface area contributed by atoms with Crippen LogP contribution in [-0.4, -0.2) is 0 Å². The van der Waals surface area contributed by atoms with Gasteiger partial charge in [-0.2, -0.15) is 0 Å². The Morgan fingerprint density at radius 1 is 1.11 bits per heavy atom. The van der Waals surface area contributed by atoms with Crippen molar-refractivity contribution in [2.45, 2.75) is 0 Å². The van der Waals surface area contributed by atoms with Crippen molar-refractivity contribution >= 4 is 44.6 Å². The molecule has 3 N–H and O–H groups in total. The zero-order valence-electron chi connectivity index (χ0n) is 8.98. The molecular formula is C12H8BrClF2N2. The van der Waals surface area contributed by atoms with E-state index in [0.29, 0.717) is 20.9 Å². The molecule has 0 aliphatic heterocycles. The lowest BCUT2D eigenvalue weighted by molar-refractivity contribution is 0.586. The van der Waals surface area contributed by atoms with E-state index in [0.717, 1.165) is 12.1 Å². The molecule has 2 nitrogen and oxygen atoms in total. The molecule has 0 aromatic heterocycles. The van der Waals surface area contributed by atoms with Crippen LogP contribution in [0.15, 0.2) is 34.8 Å². The van der Waals surface area contributed by atoms with Crippen molar-refractivity contribution < 1.29 is 8.78 Å². The SMILES string of the molecule is Nc1cc(Br)c(Nc2ccc(F)cc2F)cc1Cl. The van der Waals surface area contributed by atoms with Crippen molar-refractivity contribution in [3.05, 3.63) is 51.5 Å². The Morgan fingerprint density at radius 2 is 1.83 bits per heavy atom. The van der Waals surface area contributed by atoms with Crippen LogP contribution >= 0.6 is 27.5 Å². The van der Waals surface area contributed by atoms with Crippen molar-refractivity contribution in [2.75, 3.05) is 11.1 Å². The molecule has 0 aliphatic carbocycles. The van der Waals surface area contributed by atoms with Gasteiger partial charge in [0.25, 0.3) is 0 Å². The minimum atomic E-state index is -0.685. The zero-order valence-corrected chi connectivity index (χ0v) is 11.3. The second kappa shape index (κ2) is 5.12. The van der Waals surface area contributed by atoms with E-state index in [1.165, 1.54) is 6.07 Å². The van der Waals surface area contributed by atoms with Crippen molar-refractivity contribution in [2.24, 2.45) is 0 Å². The van der Waals surface area contributed by atoms with Crippen LogP contribution in [0.4, 0.5) is 25.8 Å². The van der Waals surface area contributed by atoms with Crippen LogP contribution in [0.25, 0.3) is 0 Å². The number of halogens is 4. The zero-order chi connectivity index (χ0) is 13.3.